The minimum atomic E-state index is -3.93. The second-order valence-electron chi connectivity index (χ2n) is 6.00. The Labute approximate surface area is 162 Å². The molecule has 0 bridgehead atoms. The van der Waals surface area contributed by atoms with Crippen LogP contribution < -0.4 is 9.88 Å². The van der Waals surface area contributed by atoms with E-state index in [1.165, 1.54) is 18.2 Å². The van der Waals surface area contributed by atoms with Crippen LogP contribution in [0.2, 0.25) is 0 Å². The number of pyridine rings is 1. The van der Waals surface area contributed by atoms with Gasteiger partial charge in [0.05, 0.1) is 16.7 Å². The molecule has 0 saturated heterocycles. The Balaban J connectivity index is 1.75. The lowest BCUT2D eigenvalue weighted by molar-refractivity contribution is 0.0470. The lowest BCUT2D eigenvalue weighted by Gasteiger charge is -2.12. The van der Waals surface area contributed by atoms with Crippen LogP contribution in [0, 0.1) is 6.92 Å². The first kappa shape index (κ1) is 19.5. The summed E-state index contributed by atoms with van der Waals surface area (Å²) in [5.74, 6) is 0.413. The standard InChI is InChI=1S/C20H18N2O5S/c1-14-8-9-15(11-19(14)28(21,24)25)20(23)26-13-16-5-2-3-7-18(16)27-17-6-4-10-22-12-17/h2-12H,13H2,1H3,(H2,21,24,25). The largest absolute Gasteiger partial charge is 0.457 e. The molecule has 8 heteroatoms. The van der Waals surface area contributed by atoms with Crippen molar-refractivity contribution >= 4 is 16.0 Å². The van der Waals surface area contributed by atoms with Crippen molar-refractivity contribution in [3.63, 3.8) is 0 Å². The second kappa shape index (κ2) is 8.20. The van der Waals surface area contributed by atoms with Crippen LogP contribution in [0.25, 0.3) is 0 Å². The first-order valence-electron chi connectivity index (χ1n) is 8.31. The Morgan fingerprint density at radius 3 is 2.61 bits per heavy atom. The number of benzene rings is 2. The number of sulfonamides is 1. The van der Waals surface area contributed by atoms with E-state index in [0.29, 0.717) is 22.6 Å². The number of aromatic nitrogens is 1. The number of aryl methyl sites for hydroxylation is 1. The fourth-order valence-electron chi connectivity index (χ4n) is 2.52. The molecule has 0 aliphatic carbocycles. The summed E-state index contributed by atoms with van der Waals surface area (Å²) in [4.78, 5) is 16.3. The molecular formula is C20H18N2O5S. The van der Waals surface area contributed by atoms with Gasteiger partial charge in [-0.15, -0.1) is 0 Å². The summed E-state index contributed by atoms with van der Waals surface area (Å²) in [5.41, 5.74) is 1.20. The van der Waals surface area contributed by atoms with Crippen molar-refractivity contribution in [2.75, 3.05) is 0 Å². The number of hydrogen-bond donors (Lipinski definition) is 1. The van der Waals surface area contributed by atoms with Gasteiger partial charge in [0.25, 0.3) is 0 Å². The number of nitrogens with two attached hydrogens (primary N) is 1. The predicted molar refractivity (Wildman–Crippen MR) is 102 cm³/mol. The minimum Gasteiger partial charge on any atom is -0.457 e. The minimum absolute atomic E-state index is 0.0478. The first-order valence-corrected chi connectivity index (χ1v) is 9.85. The molecule has 0 amide bonds. The van der Waals surface area contributed by atoms with E-state index in [9.17, 15) is 13.2 Å². The number of para-hydroxylation sites is 1. The molecule has 0 radical (unpaired) electrons. The maximum atomic E-state index is 12.4. The lowest BCUT2D eigenvalue weighted by atomic mass is 10.1. The second-order valence-corrected chi connectivity index (χ2v) is 7.53. The lowest BCUT2D eigenvalue weighted by Crippen LogP contribution is -2.15. The summed E-state index contributed by atoms with van der Waals surface area (Å²) < 4.78 is 34.4. The first-order chi connectivity index (χ1) is 13.3. The van der Waals surface area contributed by atoms with Gasteiger partial charge in [0.1, 0.15) is 18.1 Å². The number of ether oxygens (including phenoxy) is 2. The number of carbonyl (C=O) groups is 1. The molecule has 0 aliphatic heterocycles. The van der Waals surface area contributed by atoms with Gasteiger partial charge in [0.2, 0.25) is 10.0 Å². The van der Waals surface area contributed by atoms with Gasteiger partial charge in [-0.3, -0.25) is 4.98 Å². The van der Waals surface area contributed by atoms with Crippen molar-refractivity contribution < 1.29 is 22.7 Å². The Bertz CT molecular complexity index is 1100. The van der Waals surface area contributed by atoms with Crippen LogP contribution in [0.5, 0.6) is 11.5 Å². The molecule has 0 atom stereocenters. The van der Waals surface area contributed by atoms with E-state index in [2.05, 4.69) is 4.98 Å². The summed E-state index contributed by atoms with van der Waals surface area (Å²) in [6.45, 7) is 1.55. The zero-order valence-corrected chi connectivity index (χ0v) is 15.8. The topological polar surface area (TPSA) is 109 Å². The number of primary sulfonamides is 1. The molecule has 0 aliphatic rings. The van der Waals surface area contributed by atoms with Crippen LogP contribution in [0.1, 0.15) is 21.5 Å². The van der Waals surface area contributed by atoms with E-state index in [0.717, 1.165) is 0 Å². The molecule has 3 rings (SSSR count). The Hall–Kier alpha value is -3.23. The molecule has 2 aromatic carbocycles. The zero-order valence-electron chi connectivity index (χ0n) is 15.0. The van der Waals surface area contributed by atoms with Gasteiger partial charge in [-0.1, -0.05) is 24.3 Å². The van der Waals surface area contributed by atoms with Crippen molar-refractivity contribution in [1.82, 2.24) is 4.98 Å². The Morgan fingerprint density at radius 1 is 1.11 bits per heavy atom. The number of carbonyl (C=O) groups excluding carboxylic acids is 1. The fourth-order valence-corrected chi connectivity index (χ4v) is 3.33. The van der Waals surface area contributed by atoms with Crippen LogP contribution >= 0.6 is 0 Å². The summed E-state index contributed by atoms with van der Waals surface area (Å²) >= 11 is 0. The average Bonchev–Trinajstić information content (AvgIpc) is 2.67. The van der Waals surface area contributed by atoms with Crippen LogP contribution in [0.3, 0.4) is 0 Å². The van der Waals surface area contributed by atoms with Gasteiger partial charge in [-0.2, -0.15) is 0 Å². The van der Waals surface area contributed by atoms with E-state index < -0.39 is 16.0 Å². The summed E-state index contributed by atoms with van der Waals surface area (Å²) in [7, 11) is -3.93. The highest BCUT2D eigenvalue weighted by Crippen LogP contribution is 2.25. The quantitative estimate of drug-likeness (QED) is 0.639. The molecule has 0 spiro atoms. The molecule has 144 valence electrons. The number of esters is 1. The van der Waals surface area contributed by atoms with Crippen LogP contribution in [-0.4, -0.2) is 19.4 Å². The monoisotopic (exact) mass is 398 g/mol. The molecular weight excluding hydrogens is 380 g/mol. The average molecular weight is 398 g/mol. The molecule has 28 heavy (non-hydrogen) atoms. The van der Waals surface area contributed by atoms with Gasteiger partial charge < -0.3 is 9.47 Å². The van der Waals surface area contributed by atoms with Crippen molar-refractivity contribution in [3.8, 4) is 11.5 Å². The van der Waals surface area contributed by atoms with Crippen molar-refractivity contribution in [2.45, 2.75) is 18.4 Å². The van der Waals surface area contributed by atoms with E-state index >= 15 is 0 Å². The summed E-state index contributed by atoms with van der Waals surface area (Å²) in [6.07, 6.45) is 3.21. The van der Waals surface area contributed by atoms with Crippen LogP contribution in [-0.2, 0) is 21.4 Å². The molecule has 1 aromatic heterocycles. The summed E-state index contributed by atoms with van der Waals surface area (Å²) in [5, 5.41) is 5.18. The molecule has 7 nitrogen and oxygen atoms in total. The number of hydrogen-bond acceptors (Lipinski definition) is 6. The molecule has 1 heterocycles. The third kappa shape index (κ3) is 4.73. The summed E-state index contributed by atoms with van der Waals surface area (Å²) in [6, 6.07) is 14.8. The van der Waals surface area contributed by atoms with Crippen LogP contribution in [0.15, 0.2) is 71.9 Å². The van der Waals surface area contributed by atoms with Crippen molar-refractivity contribution in [1.29, 1.82) is 0 Å². The van der Waals surface area contributed by atoms with Gasteiger partial charge in [0, 0.05) is 11.8 Å². The highest BCUT2D eigenvalue weighted by Gasteiger charge is 2.16. The van der Waals surface area contributed by atoms with Gasteiger partial charge >= 0.3 is 5.97 Å². The van der Waals surface area contributed by atoms with Gasteiger partial charge in [-0.25, -0.2) is 18.4 Å². The van der Waals surface area contributed by atoms with Crippen LogP contribution in [0.4, 0.5) is 0 Å². The molecule has 0 fully saturated rings. The SMILES string of the molecule is Cc1ccc(C(=O)OCc2ccccc2Oc2cccnc2)cc1S(N)(=O)=O. The van der Waals surface area contributed by atoms with Crippen molar-refractivity contribution in [2.24, 2.45) is 5.14 Å². The Kier molecular flexibility index (Phi) is 5.72. The highest BCUT2D eigenvalue weighted by atomic mass is 32.2. The maximum Gasteiger partial charge on any atom is 0.338 e. The van der Waals surface area contributed by atoms with Gasteiger partial charge in [0.15, 0.2) is 0 Å². The van der Waals surface area contributed by atoms with E-state index in [-0.39, 0.29) is 17.1 Å². The normalized spacial score (nSPS) is 11.1. The molecule has 3 aromatic rings. The third-order valence-corrected chi connectivity index (χ3v) is 4.98. The molecule has 2 N–H and O–H groups in total. The predicted octanol–water partition coefficient (Wildman–Crippen LogP) is 3.19. The zero-order chi connectivity index (χ0) is 20.1. The highest BCUT2D eigenvalue weighted by molar-refractivity contribution is 7.89. The fraction of sp³-hybridized carbons (Fsp3) is 0.100. The van der Waals surface area contributed by atoms with E-state index in [1.54, 1.807) is 55.7 Å². The number of rotatable bonds is 6. The van der Waals surface area contributed by atoms with Crippen molar-refractivity contribution in [3.05, 3.63) is 83.7 Å². The molecule has 0 unspecified atom stereocenters. The van der Waals surface area contributed by atoms with E-state index in [1.807, 2.05) is 0 Å². The number of nitrogens with zero attached hydrogens (tertiary/aromatic N) is 1. The smallest absolute Gasteiger partial charge is 0.338 e. The molecule has 0 saturated carbocycles. The Morgan fingerprint density at radius 2 is 1.89 bits per heavy atom. The van der Waals surface area contributed by atoms with Gasteiger partial charge in [-0.05, 0) is 42.8 Å². The third-order valence-electron chi connectivity index (χ3n) is 3.92. The maximum absolute atomic E-state index is 12.4. The van der Waals surface area contributed by atoms with E-state index in [4.69, 9.17) is 14.6 Å².